The number of esters is 1. The van der Waals surface area contributed by atoms with Gasteiger partial charge in [-0.05, 0) is 24.0 Å². The molecule has 1 aromatic carbocycles. The molecule has 0 radical (unpaired) electrons. The van der Waals surface area contributed by atoms with E-state index < -0.39 is 30.9 Å². The molecule has 1 aliphatic heterocycles. The Morgan fingerprint density at radius 1 is 1.31 bits per heavy atom. The summed E-state index contributed by atoms with van der Waals surface area (Å²) >= 11 is -1.84. The minimum Gasteiger partial charge on any atom is -0.466 e. The fraction of sp³-hybridized carbons (Fsp3) is 0.318. The molecule has 0 aromatic heterocycles. The van der Waals surface area contributed by atoms with E-state index in [0.29, 0.717) is 12.4 Å². The topological polar surface area (TPSA) is 79.8 Å². The summed E-state index contributed by atoms with van der Waals surface area (Å²) in [5.41, 5.74) is 1.19. The van der Waals surface area contributed by atoms with Crippen molar-refractivity contribution in [1.29, 1.82) is 0 Å². The maximum absolute atomic E-state index is 12.7. The third kappa shape index (κ3) is 7.49. The Morgan fingerprint density at radius 2 is 2.03 bits per heavy atom. The van der Waals surface area contributed by atoms with Crippen molar-refractivity contribution in [3.63, 3.8) is 0 Å². The Hall–Kier alpha value is -2.42. The van der Waals surface area contributed by atoms with Gasteiger partial charge in [0.05, 0.1) is 7.11 Å². The average Bonchev–Trinajstić information content (AvgIpc) is 2.71. The first-order valence-electron chi connectivity index (χ1n) is 9.35. The largest absolute Gasteiger partial charge is 0.466 e. The molecule has 0 fully saturated rings. The van der Waals surface area contributed by atoms with Gasteiger partial charge in [0.1, 0.15) is 11.9 Å². The number of hydrogen-bond donors (Lipinski definition) is 2. The van der Waals surface area contributed by atoms with Gasteiger partial charge in [0.15, 0.2) is 0 Å². The summed E-state index contributed by atoms with van der Waals surface area (Å²) in [5.74, 6) is 0.244. The smallest absolute Gasteiger partial charge is 0.330 e. The first-order chi connectivity index (χ1) is 13.9. The number of methoxy groups -OCH3 is 1. The number of benzene rings is 1. The van der Waals surface area contributed by atoms with Crippen molar-refractivity contribution in [1.82, 2.24) is 10.6 Å². The van der Waals surface area contributed by atoms with Gasteiger partial charge in [-0.1, -0.05) is 48.7 Å². The van der Waals surface area contributed by atoms with Crippen molar-refractivity contribution in [3.05, 3.63) is 57.8 Å². The number of amidine groups is 1. The van der Waals surface area contributed by atoms with Crippen LogP contribution in [-0.2, 0) is 20.7 Å². The number of aliphatic imine (C=N–C) groups is 1. The molecule has 1 aromatic rings. The first kappa shape index (κ1) is 22.9. The van der Waals surface area contributed by atoms with Crippen LogP contribution < -0.4 is 10.6 Å². The molecule has 29 heavy (non-hydrogen) atoms. The molecule has 0 bridgehead atoms. The Balaban J connectivity index is 2.00. The van der Waals surface area contributed by atoms with Gasteiger partial charge in [-0.3, -0.25) is 9.79 Å². The Bertz CT molecular complexity index is 895. The van der Waals surface area contributed by atoms with Crippen molar-refractivity contribution in [3.8, 4) is 0 Å². The quantitative estimate of drug-likeness (QED) is 0.321. The molecule has 0 aliphatic carbocycles. The number of hydrogen-bond acceptors (Lipinski definition) is 4. The van der Waals surface area contributed by atoms with Gasteiger partial charge in [-0.2, -0.15) is 0 Å². The van der Waals surface area contributed by atoms with Crippen LogP contribution in [0.5, 0.6) is 0 Å². The van der Waals surface area contributed by atoms with Gasteiger partial charge in [-0.15, -0.1) is 18.9 Å². The zero-order valence-corrected chi connectivity index (χ0v) is 19.2. The van der Waals surface area contributed by atoms with Crippen LogP contribution in [-0.4, -0.2) is 45.9 Å². The van der Waals surface area contributed by atoms with Gasteiger partial charge >= 0.3 is 5.97 Å². The molecule has 7 heteroatoms. The maximum atomic E-state index is 12.7. The van der Waals surface area contributed by atoms with E-state index in [1.807, 2.05) is 48.2 Å². The van der Waals surface area contributed by atoms with Crippen LogP contribution in [0.2, 0.25) is 0 Å². The van der Waals surface area contributed by atoms with Crippen molar-refractivity contribution >= 4 is 45.1 Å². The number of nitrogens with zero attached hydrogens (tertiary/aromatic N) is 1. The third-order valence-electron chi connectivity index (χ3n) is 4.19. The lowest BCUT2D eigenvalue weighted by Crippen LogP contribution is -2.39. The maximum Gasteiger partial charge on any atom is 0.330 e. The lowest BCUT2D eigenvalue weighted by molar-refractivity contribution is -0.134. The summed E-state index contributed by atoms with van der Waals surface area (Å²) in [6.45, 7) is 4.54. The molecule has 1 atom stereocenters. The van der Waals surface area contributed by atoms with Crippen LogP contribution in [0.1, 0.15) is 19.4 Å². The number of halogens is 1. The second-order valence-electron chi connectivity index (χ2n) is 6.77. The Labute approximate surface area is 178 Å². The third-order valence-corrected chi connectivity index (χ3v) is 7.80. The van der Waals surface area contributed by atoms with Crippen LogP contribution in [0.3, 0.4) is 0 Å². The minimum atomic E-state index is -1.84. The van der Waals surface area contributed by atoms with E-state index in [1.54, 1.807) is 12.3 Å². The van der Waals surface area contributed by atoms with E-state index in [0.717, 1.165) is 10.0 Å². The van der Waals surface area contributed by atoms with Gasteiger partial charge in [0.2, 0.25) is 5.91 Å². The summed E-state index contributed by atoms with van der Waals surface area (Å²) < 4.78 is 11.8. The number of rotatable bonds is 8. The second kappa shape index (κ2) is 11.5. The fourth-order valence-corrected chi connectivity index (χ4v) is 5.19. The molecule has 0 saturated carbocycles. The van der Waals surface area contributed by atoms with Gasteiger partial charge < -0.3 is 15.4 Å². The predicted octanol–water partition coefficient (Wildman–Crippen LogP) is 2.68. The van der Waals surface area contributed by atoms with Crippen LogP contribution in [0.4, 0.5) is 0 Å². The van der Waals surface area contributed by atoms with Gasteiger partial charge in [0, 0.05) is 26.4 Å². The summed E-state index contributed by atoms with van der Waals surface area (Å²) in [5, 5.41) is 6.10. The van der Waals surface area contributed by atoms with E-state index in [2.05, 4.69) is 24.9 Å². The second-order valence-corrected chi connectivity index (χ2v) is 10.9. The van der Waals surface area contributed by atoms with Crippen LogP contribution >= 0.6 is 18.9 Å². The minimum absolute atomic E-state index is 0.0612. The number of ether oxygens (including phenoxy) is 1. The Morgan fingerprint density at radius 3 is 2.66 bits per heavy atom. The molecule has 1 amide bonds. The molecule has 1 aliphatic rings. The first-order valence-corrected chi connectivity index (χ1v) is 13.2. The summed E-state index contributed by atoms with van der Waals surface area (Å²) in [6.07, 6.45) is 5.70. The number of carbonyl (C=O) groups excluding carboxylic acids is 2. The number of allylic oxidation sites excluding steroid dienone is 2. The molecule has 2 rings (SSSR count). The molecule has 2 N–H and O–H groups in total. The van der Waals surface area contributed by atoms with Gasteiger partial charge in [0.25, 0.3) is 0 Å². The van der Waals surface area contributed by atoms with E-state index in [-0.39, 0.29) is 11.8 Å². The van der Waals surface area contributed by atoms with E-state index in [1.165, 1.54) is 18.7 Å². The van der Waals surface area contributed by atoms with Gasteiger partial charge in [-0.25, -0.2) is 4.79 Å². The highest BCUT2D eigenvalue weighted by Gasteiger charge is 2.22. The lowest BCUT2D eigenvalue weighted by atomic mass is 10.0. The predicted molar refractivity (Wildman–Crippen MR) is 129 cm³/mol. The molecule has 6 nitrogen and oxygen atoms in total. The monoisotopic (exact) mass is 509 g/mol. The van der Waals surface area contributed by atoms with E-state index in [9.17, 15) is 9.59 Å². The highest BCUT2D eigenvalue weighted by Crippen LogP contribution is 2.24. The number of amides is 1. The molecular formula is C22H28IN3O3. The number of carbonyl (C=O) groups is 2. The molecular weight excluding hydrogens is 481 g/mol. The lowest BCUT2D eigenvalue weighted by Gasteiger charge is -2.19. The van der Waals surface area contributed by atoms with Crippen LogP contribution in [0.15, 0.2) is 57.3 Å². The summed E-state index contributed by atoms with van der Waals surface area (Å²) in [7, 11) is 1.34. The molecule has 1 heterocycles. The average molecular weight is 509 g/mol. The van der Waals surface area contributed by atoms with Crippen LogP contribution in [0.25, 0.3) is 0 Å². The molecule has 156 valence electrons. The fourth-order valence-electron chi connectivity index (χ4n) is 2.58. The van der Waals surface area contributed by atoms with Crippen molar-refractivity contribution < 1.29 is 14.3 Å². The normalized spacial score (nSPS) is 16.8. The highest BCUT2D eigenvalue weighted by atomic mass is 127. The van der Waals surface area contributed by atoms with Crippen LogP contribution in [0, 0.1) is 5.92 Å². The van der Waals surface area contributed by atoms with Crippen molar-refractivity contribution in [2.45, 2.75) is 26.3 Å². The summed E-state index contributed by atoms with van der Waals surface area (Å²) in [6, 6.07) is 9.58. The molecule has 0 spiro atoms. The standard InChI is InChI=1S/C22H28IN3O3/c1-16(2)21(22(28)24-13-12-17-8-6-5-7-9-17)26-19-14-23(3)18(15-25-19)10-11-20(27)29-4/h5-11,14-16,21H,3,12-13H2,1-2,4H3,(H,24,28)(H,25,26)/b11-10+/t21-/m1/s1. The zero-order chi connectivity index (χ0) is 21.2. The molecule has 0 unspecified atom stereocenters. The number of nitrogens with one attached hydrogen (secondary N) is 2. The molecule has 0 saturated heterocycles. The van der Waals surface area contributed by atoms with Crippen molar-refractivity contribution in [2.75, 3.05) is 13.7 Å². The van der Waals surface area contributed by atoms with E-state index in [4.69, 9.17) is 0 Å². The Kier molecular flexibility index (Phi) is 9.11. The summed E-state index contributed by atoms with van der Waals surface area (Å²) in [4.78, 5) is 28.6. The van der Waals surface area contributed by atoms with Crippen molar-refractivity contribution in [2.24, 2.45) is 10.9 Å². The zero-order valence-electron chi connectivity index (χ0n) is 17.0. The highest BCUT2D eigenvalue weighted by molar-refractivity contribution is 14.2. The van der Waals surface area contributed by atoms with E-state index >= 15 is 0 Å². The SMILES string of the molecule is C=I1=CC(=N[C@@H](C(=O)NCCc2ccccc2)C(C)C)NC=C1/C=C/C(=O)OC.